The van der Waals surface area contributed by atoms with Gasteiger partial charge in [0.05, 0.1) is 6.54 Å². The summed E-state index contributed by atoms with van der Waals surface area (Å²) in [7, 11) is 0. The van der Waals surface area contributed by atoms with Gasteiger partial charge in [-0.1, -0.05) is 19.1 Å². The van der Waals surface area contributed by atoms with E-state index in [1.165, 1.54) is 25.9 Å². The van der Waals surface area contributed by atoms with E-state index in [1.807, 2.05) is 0 Å². The number of aliphatic imine (C=N–C) groups is 1. The minimum atomic E-state index is 0.530. The summed E-state index contributed by atoms with van der Waals surface area (Å²) in [6.45, 7) is 9.87. The number of rotatable bonds is 5. The first-order valence-electron chi connectivity index (χ1n) is 8.20. The number of nitrogens with zero attached hydrogens (tertiary/aromatic N) is 2. The molecule has 20 heavy (non-hydrogen) atoms. The van der Waals surface area contributed by atoms with Crippen LogP contribution in [0.3, 0.4) is 0 Å². The van der Waals surface area contributed by atoms with Gasteiger partial charge in [-0.2, -0.15) is 0 Å². The zero-order chi connectivity index (χ0) is 14.2. The standard InChI is InChI=1S/C16H30N4/c1-3-17-16(19-15-8-4-5-9-15)18-10-12-20-11-6-7-14(2)13-20/h4-5,14-15H,3,6-13H2,1-2H3,(H2,17,18,19). The van der Waals surface area contributed by atoms with E-state index in [4.69, 9.17) is 4.99 Å². The smallest absolute Gasteiger partial charge is 0.191 e. The van der Waals surface area contributed by atoms with Crippen LogP contribution in [0.5, 0.6) is 0 Å². The van der Waals surface area contributed by atoms with E-state index in [9.17, 15) is 0 Å². The molecule has 1 saturated heterocycles. The molecule has 0 aromatic rings. The summed E-state index contributed by atoms with van der Waals surface area (Å²) in [5, 5.41) is 6.87. The molecule has 2 rings (SSSR count). The lowest BCUT2D eigenvalue weighted by molar-refractivity contribution is 0.189. The molecule has 0 aromatic heterocycles. The molecule has 0 saturated carbocycles. The van der Waals surface area contributed by atoms with Crippen molar-refractivity contribution >= 4 is 5.96 Å². The second kappa shape index (κ2) is 8.30. The number of piperidine rings is 1. The van der Waals surface area contributed by atoms with Crippen molar-refractivity contribution < 1.29 is 0 Å². The Morgan fingerprint density at radius 2 is 2.15 bits per heavy atom. The fraction of sp³-hybridized carbons (Fsp3) is 0.812. The Balaban J connectivity index is 1.73. The van der Waals surface area contributed by atoms with Gasteiger partial charge in [-0.3, -0.25) is 4.99 Å². The van der Waals surface area contributed by atoms with Crippen LogP contribution in [-0.4, -0.2) is 49.6 Å². The van der Waals surface area contributed by atoms with Crippen LogP contribution in [0.15, 0.2) is 17.1 Å². The first-order valence-corrected chi connectivity index (χ1v) is 8.20. The minimum absolute atomic E-state index is 0.530. The monoisotopic (exact) mass is 278 g/mol. The fourth-order valence-electron chi connectivity index (χ4n) is 3.04. The van der Waals surface area contributed by atoms with Crippen molar-refractivity contribution in [2.45, 2.75) is 45.6 Å². The largest absolute Gasteiger partial charge is 0.357 e. The molecule has 0 amide bonds. The van der Waals surface area contributed by atoms with Crippen LogP contribution in [-0.2, 0) is 0 Å². The maximum Gasteiger partial charge on any atom is 0.191 e. The molecule has 0 aromatic carbocycles. The van der Waals surface area contributed by atoms with Crippen molar-refractivity contribution in [1.82, 2.24) is 15.5 Å². The maximum absolute atomic E-state index is 4.72. The second-order valence-electron chi connectivity index (χ2n) is 6.09. The van der Waals surface area contributed by atoms with Gasteiger partial charge in [0.15, 0.2) is 5.96 Å². The highest BCUT2D eigenvalue weighted by Gasteiger charge is 2.15. The van der Waals surface area contributed by atoms with Gasteiger partial charge in [0.25, 0.3) is 0 Å². The predicted molar refractivity (Wildman–Crippen MR) is 86.1 cm³/mol. The van der Waals surface area contributed by atoms with E-state index in [1.54, 1.807) is 0 Å². The van der Waals surface area contributed by atoms with E-state index in [0.717, 1.165) is 44.4 Å². The van der Waals surface area contributed by atoms with E-state index < -0.39 is 0 Å². The number of nitrogens with one attached hydrogen (secondary N) is 2. The zero-order valence-corrected chi connectivity index (χ0v) is 13.1. The topological polar surface area (TPSA) is 39.7 Å². The van der Waals surface area contributed by atoms with Gasteiger partial charge in [0, 0.05) is 25.7 Å². The van der Waals surface area contributed by atoms with Crippen LogP contribution < -0.4 is 10.6 Å². The Morgan fingerprint density at radius 1 is 1.35 bits per heavy atom. The second-order valence-corrected chi connectivity index (χ2v) is 6.09. The highest BCUT2D eigenvalue weighted by molar-refractivity contribution is 5.80. The van der Waals surface area contributed by atoms with Crippen LogP contribution >= 0.6 is 0 Å². The van der Waals surface area contributed by atoms with Crippen molar-refractivity contribution in [2.24, 2.45) is 10.9 Å². The van der Waals surface area contributed by atoms with E-state index in [2.05, 4.69) is 41.5 Å². The van der Waals surface area contributed by atoms with Crippen molar-refractivity contribution in [3.8, 4) is 0 Å². The highest BCUT2D eigenvalue weighted by atomic mass is 15.2. The van der Waals surface area contributed by atoms with E-state index in [-0.39, 0.29) is 0 Å². The van der Waals surface area contributed by atoms with Crippen LogP contribution in [0.1, 0.15) is 39.5 Å². The molecular formula is C16H30N4. The summed E-state index contributed by atoms with van der Waals surface area (Å²) < 4.78 is 0. The molecule has 4 heteroatoms. The first-order chi connectivity index (χ1) is 9.78. The molecule has 1 unspecified atom stereocenters. The molecule has 0 radical (unpaired) electrons. The third-order valence-corrected chi connectivity index (χ3v) is 4.12. The summed E-state index contributed by atoms with van der Waals surface area (Å²) in [6.07, 6.45) is 9.46. The van der Waals surface area contributed by atoms with Gasteiger partial charge in [0.1, 0.15) is 0 Å². The SMILES string of the molecule is CCNC(=NCCN1CCCC(C)C1)NC1CC=CC1. The number of hydrogen-bond donors (Lipinski definition) is 2. The lowest BCUT2D eigenvalue weighted by Gasteiger charge is -2.30. The normalized spacial score (nSPS) is 25.1. The molecule has 114 valence electrons. The Hall–Kier alpha value is -1.03. The summed E-state index contributed by atoms with van der Waals surface area (Å²) in [6, 6.07) is 0.530. The number of hydrogen-bond acceptors (Lipinski definition) is 2. The molecule has 0 spiro atoms. The van der Waals surface area contributed by atoms with Crippen LogP contribution in [0, 0.1) is 5.92 Å². The molecule has 2 aliphatic rings. The molecule has 1 fully saturated rings. The summed E-state index contributed by atoms with van der Waals surface area (Å²) >= 11 is 0. The average molecular weight is 278 g/mol. The Morgan fingerprint density at radius 3 is 2.85 bits per heavy atom. The molecule has 1 heterocycles. The van der Waals surface area contributed by atoms with Gasteiger partial charge in [-0.05, 0) is 45.1 Å². The fourth-order valence-corrected chi connectivity index (χ4v) is 3.04. The quantitative estimate of drug-likeness (QED) is 0.459. The van der Waals surface area contributed by atoms with Gasteiger partial charge in [-0.15, -0.1) is 0 Å². The van der Waals surface area contributed by atoms with Crippen molar-refractivity contribution in [1.29, 1.82) is 0 Å². The predicted octanol–water partition coefficient (Wildman–Crippen LogP) is 1.99. The molecule has 4 nitrogen and oxygen atoms in total. The lowest BCUT2D eigenvalue weighted by atomic mass is 10.0. The Bertz CT molecular complexity index is 329. The van der Waals surface area contributed by atoms with Crippen LogP contribution in [0.25, 0.3) is 0 Å². The van der Waals surface area contributed by atoms with Crippen LogP contribution in [0.2, 0.25) is 0 Å². The molecular weight excluding hydrogens is 248 g/mol. The molecule has 1 atom stereocenters. The molecule has 1 aliphatic carbocycles. The molecule has 1 aliphatic heterocycles. The van der Waals surface area contributed by atoms with Gasteiger partial charge in [-0.25, -0.2) is 0 Å². The Labute approximate surface area is 123 Å². The first kappa shape index (κ1) is 15.4. The van der Waals surface area contributed by atoms with Gasteiger partial charge < -0.3 is 15.5 Å². The van der Waals surface area contributed by atoms with Gasteiger partial charge in [0.2, 0.25) is 0 Å². The number of likely N-dealkylation sites (tertiary alicyclic amines) is 1. The maximum atomic E-state index is 4.72. The van der Waals surface area contributed by atoms with Crippen molar-refractivity contribution in [3.63, 3.8) is 0 Å². The van der Waals surface area contributed by atoms with Crippen molar-refractivity contribution in [3.05, 3.63) is 12.2 Å². The molecule has 2 N–H and O–H groups in total. The minimum Gasteiger partial charge on any atom is -0.357 e. The third-order valence-electron chi connectivity index (χ3n) is 4.12. The summed E-state index contributed by atoms with van der Waals surface area (Å²) in [5.74, 6) is 1.83. The Kier molecular flexibility index (Phi) is 6.37. The summed E-state index contributed by atoms with van der Waals surface area (Å²) in [5.41, 5.74) is 0. The van der Waals surface area contributed by atoms with E-state index in [0.29, 0.717) is 6.04 Å². The third kappa shape index (κ3) is 5.16. The van der Waals surface area contributed by atoms with Crippen molar-refractivity contribution in [2.75, 3.05) is 32.7 Å². The number of guanidine groups is 1. The highest BCUT2D eigenvalue weighted by Crippen LogP contribution is 2.14. The zero-order valence-electron chi connectivity index (χ0n) is 13.1. The summed E-state index contributed by atoms with van der Waals surface area (Å²) in [4.78, 5) is 7.27. The average Bonchev–Trinajstić information content (AvgIpc) is 2.92. The lowest BCUT2D eigenvalue weighted by Crippen LogP contribution is -2.43. The molecule has 0 bridgehead atoms. The van der Waals surface area contributed by atoms with Crippen LogP contribution in [0.4, 0.5) is 0 Å². The van der Waals surface area contributed by atoms with E-state index >= 15 is 0 Å². The van der Waals surface area contributed by atoms with Gasteiger partial charge >= 0.3 is 0 Å².